The zero-order valence-corrected chi connectivity index (χ0v) is 9.01. The molecule has 2 aromatic rings. The van der Waals surface area contributed by atoms with Gasteiger partial charge >= 0.3 is 0 Å². The molecule has 0 radical (unpaired) electrons. The molecule has 1 atom stereocenters. The molecule has 0 amide bonds. The third-order valence-electron chi connectivity index (χ3n) is 2.82. The predicted molar refractivity (Wildman–Crippen MR) is 56.7 cm³/mol. The third-order valence-corrected chi connectivity index (χ3v) is 2.82. The van der Waals surface area contributed by atoms with Crippen molar-refractivity contribution in [3.05, 3.63) is 47.4 Å². The van der Waals surface area contributed by atoms with Crippen molar-refractivity contribution in [1.82, 2.24) is 10.1 Å². The highest BCUT2D eigenvalue weighted by Gasteiger charge is 2.30. The van der Waals surface area contributed by atoms with Crippen LogP contribution in [0.3, 0.4) is 0 Å². The zero-order valence-electron chi connectivity index (χ0n) is 9.01. The standard InChI is InChI=1S/C12H11FN2O2/c13-9-5-3-7(4-6-9)10(16)12-14-11(15-17-12)8-1-2-8/h3-6,8,10,16H,1-2H2. The molecular weight excluding hydrogens is 223 g/mol. The van der Waals surface area contributed by atoms with E-state index in [0.29, 0.717) is 17.3 Å². The van der Waals surface area contributed by atoms with E-state index in [0.717, 1.165) is 12.8 Å². The van der Waals surface area contributed by atoms with Gasteiger partial charge in [0.2, 0.25) is 0 Å². The smallest absolute Gasteiger partial charge is 0.260 e. The zero-order chi connectivity index (χ0) is 11.8. The van der Waals surface area contributed by atoms with Crippen LogP contribution >= 0.6 is 0 Å². The quantitative estimate of drug-likeness (QED) is 0.884. The summed E-state index contributed by atoms with van der Waals surface area (Å²) in [4.78, 5) is 4.15. The van der Waals surface area contributed by atoms with Crippen LogP contribution in [0.25, 0.3) is 0 Å². The number of aliphatic hydroxyl groups is 1. The lowest BCUT2D eigenvalue weighted by Gasteiger charge is -2.04. The highest BCUT2D eigenvalue weighted by atomic mass is 19.1. The maximum absolute atomic E-state index is 12.7. The van der Waals surface area contributed by atoms with Crippen molar-refractivity contribution in [2.45, 2.75) is 24.9 Å². The van der Waals surface area contributed by atoms with Crippen molar-refractivity contribution in [2.75, 3.05) is 0 Å². The average molecular weight is 234 g/mol. The minimum absolute atomic E-state index is 0.165. The number of aliphatic hydroxyl groups excluding tert-OH is 1. The van der Waals surface area contributed by atoms with Crippen molar-refractivity contribution in [1.29, 1.82) is 0 Å². The molecule has 0 saturated heterocycles. The summed E-state index contributed by atoms with van der Waals surface area (Å²) in [6, 6.07) is 5.58. The van der Waals surface area contributed by atoms with Gasteiger partial charge in [-0.15, -0.1) is 0 Å². The molecule has 5 heteroatoms. The lowest BCUT2D eigenvalue weighted by atomic mass is 10.1. The first-order valence-corrected chi connectivity index (χ1v) is 5.51. The SMILES string of the molecule is OC(c1ccc(F)cc1)c1nc(C2CC2)no1. The molecule has 3 rings (SSSR count). The molecule has 0 aliphatic heterocycles. The van der Waals surface area contributed by atoms with E-state index in [2.05, 4.69) is 10.1 Å². The summed E-state index contributed by atoms with van der Waals surface area (Å²) in [5.41, 5.74) is 0.539. The van der Waals surface area contributed by atoms with Gasteiger partial charge in [-0.3, -0.25) is 0 Å². The molecule has 1 aromatic carbocycles. The Bertz CT molecular complexity index is 520. The molecule has 1 heterocycles. The van der Waals surface area contributed by atoms with Crippen LogP contribution in [0.2, 0.25) is 0 Å². The summed E-state index contributed by atoms with van der Waals surface area (Å²) in [5, 5.41) is 13.8. The summed E-state index contributed by atoms with van der Waals surface area (Å²) in [5.74, 6) is 0.859. The van der Waals surface area contributed by atoms with Gasteiger partial charge in [0.1, 0.15) is 5.82 Å². The Balaban J connectivity index is 1.84. The molecule has 1 unspecified atom stereocenters. The van der Waals surface area contributed by atoms with Crippen LogP contribution in [-0.4, -0.2) is 15.2 Å². The fourth-order valence-corrected chi connectivity index (χ4v) is 1.65. The molecule has 88 valence electrons. The Hall–Kier alpha value is -1.75. The minimum Gasteiger partial charge on any atom is -0.378 e. The molecule has 0 bridgehead atoms. The van der Waals surface area contributed by atoms with Gasteiger partial charge in [0.05, 0.1) is 0 Å². The second-order valence-corrected chi connectivity index (χ2v) is 4.22. The number of benzene rings is 1. The highest BCUT2D eigenvalue weighted by molar-refractivity contribution is 5.22. The first kappa shape index (κ1) is 10.4. The maximum atomic E-state index is 12.7. The largest absolute Gasteiger partial charge is 0.378 e. The number of nitrogens with zero attached hydrogens (tertiary/aromatic N) is 2. The van der Waals surface area contributed by atoms with E-state index in [1.54, 1.807) is 0 Å². The first-order chi connectivity index (χ1) is 8.24. The van der Waals surface area contributed by atoms with Gasteiger partial charge in [-0.25, -0.2) is 4.39 Å². The molecule has 1 saturated carbocycles. The van der Waals surface area contributed by atoms with Gasteiger partial charge in [0, 0.05) is 5.92 Å². The first-order valence-electron chi connectivity index (χ1n) is 5.51. The number of halogens is 1. The van der Waals surface area contributed by atoms with E-state index in [-0.39, 0.29) is 11.7 Å². The number of hydrogen-bond acceptors (Lipinski definition) is 4. The minimum atomic E-state index is -0.990. The Morgan fingerprint density at radius 1 is 1.29 bits per heavy atom. The van der Waals surface area contributed by atoms with E-state index < -0.39 is 6.10 Å². The summed E-state index contributed by atoms with van der Waals surface area (Å²) < 4.78 is 17.7. The Morgan fingerprint density at radius 2 is 2.00 bits per heavy atom. The summed E-state index contributed by atoms with van der Waals surface area (Å²) in [6.07, 6.45) is 1.16. The van der Waals surface area contributed by atoms with E-state index in [1.165, 1.54) is 24.3 Å². The monoisotopic (exact) mass is 234 g/mol. The molecule has 0 spiro atoms. The van der Waals surface area contributed by atoms with E-state index in [9.17, 15) is 9.50 Å². The van der Waals surface area contributed by atoms with Crippen LogP contribution in [-0.2, 0) is 0 Å². The van der Waals surface area contributed by atoms with Crippen molar-refractivity contribution < 1.29 is 14.0 Å². The normalized spacial score (nSPS) is 17.1. The molecule has 1 aromatic heterocycles. The van der Waals surface area contributed by atoms with Gasteiger partial charge in [-0.1, -0.05) is 17.3 Å². The molecule has 1 fully saturated rings. The van der Waals surface area contributed by atoms with E-state index in [4.69, 9.17) is 4.52 Å². The lowest BCUT2D eigenvalue weighted by molar-refractivity contribution is 0.170. The van der Waals surface area contributed by atoms with Crippen LogP contribution in [0.15, 0.2) is 28.8 Å². The molecule has 1 aliphatic carbocycles. The number of rotatable bonds is 3. The van der Waals surface area contributed by atoms with Crippen LogP contribution in [0.5, 0.6) is 0 Å². The average Bonchev–Trinajstić information content (AvgIpc) is 3.07. The molecule has 17 heavy (non-hydrogen) atoms. The molecule has 1 N–H and O–H groups in total. The van der Waals surface area contributed by atoms with Crippen LogP contribution in [0.4, 0.5) is 4.39 Å². The Morgan fingerprint density at radius 3 is 2.65 bits per heavy atom. The Kier molecular flexibility index (Phi) is 2.40. The van der Waals surface area contributed by atoms with Crippen molar-refractivity contribution in [2.24, 2.45) is 0 Å². The van der Waals surface area contributed by atoms with Gasteiger partial charge in [0.25, 0.3) is 5.89 Å². The van der Waals surface area contributed by atoms with Gasteiger partial charge < -0.3 is 9.63 Å². The van der Waals surface area contributed by atoms with Crippen LogP contribution < -0.4 is 0 Å². The second-order valence-electron chi connectivity index (χ2n) is 4.22. The number of hydrogen-bond donors (Lipinski definition) is 1. The topological polar surface area (TPSA) is 59.2 Å². The fraction of sp³-hybridized carbons (Fsp3) is 0.333. The number of aromatic nitrogens is 2. The highest BCUT2D eigenvalue weighted by Crippen LogP contribution is 2.38. The summed E-state index contributed by atoms with van der Waals surface area (Å²) in [6.45, 7) is 0. The molecule has 1 aliphatic rings. The summed E-state index contributed by atoms with van der Waals surface area (Å²) >= 11 is 0. The lowest BCUT2D eigenvalue weighted by Crippen LogP contribution is -2.00. The predicted octanol–water partition coefficient (Wildman–Crippen LogP) is 2.17. The van der Waals surface area contributed by atoms with Crippen molar-refractivity contribution in [3.8, 4) is 0 Å². The fourth-order valence-electron chi connectivity index (χ4n) is 1.65. The second kappa shape index (κ2) is 3.92. The maximum Gasteiger partial charge on any atom is 0.260 e. The van der Waals surface area contributed by atoms with E-state index >= 15 is 0 Å². The van der Waals surface area contributed by atoms with Crippen molar-refractivity contribution in [3.63, 3.8) is 0 Å². The molecular formula is C12H11FN2O2. The van der Waals surface area contributed by atoms with Crippen molar-refractivity contribution >= 4 is 0 Å². The third kappa shape index (κ3) is 2.06. The van der Waals surface area contributed by atoms with Gasteiger partial charge in [-0.2, -0.15) is 4.98 Å². The van der Waals surface area contributed by atoms with Crippen LogP contribution in [0.1, 0.15) is 42.1 Å². The molecule has 4 nitrogen and oxygen atoms in total. The van der Waals surface area contributed by atoms with Gasteiger partial charge in [-0.05, 0) is 30.5 Å². The van der Waals surface area contributed by atoms with E-state index in [1.807, 2.05) is 0 Å². The van der Waals surface area contributed by atoms with Gasteiger partial charge in [0.15, 0.2) is 11.9 Å². The summed E-state index contributed by atoms with van der Waals surface area (Å²) in [7, 11) is 0. The van der Waals surface area contributed by atoms with Crippen LogP contribution in [0, 0.1) is 5.82 Å². The Labute approximate surface area is 97.1 Å².